The monoisotopic (exact) mass is 560 g/mol. The van der Waals surface area contributed by atoms with E-state index in [0.29, 0.717) is 0 Å². The number of para-hydroxylation sites is 3. The molecule has 0 amide bonds. The third-order valence-electron chi connectivity index (χ3n) is 9.44. The second-order valence-corrected chi connectivity index (χ2v) is 11.8. The maximum atomic E-state index is 2.41. The molecule has 44 heavy (non-hydrogen) atoms. The van der Waals surface area contributed by atoms with Crippen LogP contribution in [0.4, 0.5) is 28.4 Å². The fraction of sp³-hybridized carbons (Fsp3) is 0.0244. The molecule has 9 rings (SSSR count). The van der Waals surface area contributed by atoms with Crippen LogP contribution in [0.25, 0.3) is 32.3 Å². The highest BCUT2D eigenvalue weighted by Crippen LogP contribution is 2.46. The Kier molecular flexibility index (Phi) is 5.54. The van der Waals surface area contributed by atoms with E-state index in [4.69, 9.17) is 0 Å². The predicted octanol–water partition coefficient (Wildman–Crippen LogP) is 8.65. The zero-order valence-corrected chi connectivity index (χ0v) is 24.5. The van der Waals surface area contributed by atoms with Gasteiger partial charge < -0.3 is 9.80 Å². The Bertz CT molecular complexity index is 2260. The highest BCUT2D eigenvalue weighted by Gasteiger charge is 2.33. The summed E-state index contributed by atoms with van der Waals surface area (Å²) in [7, 11) is 2.23. The highest BCUT2D eigenvalue weighted by molar-refractivity contribution is 6.98. The van der Waals surface area contributed by atoms with E-state index in [1.807, 2.05) is 0 Å². The number of anilines is 5. The van der Waals surface area contributed by atoms with Crippen molar-refractivity contribution in [3.8, 4) is 0 Å². The largest absolute Gasteiger partial charge is 0.345 e. The number of benzene rings is 8. The molecule has 1 aliphatic heterocycles. The zero-order valence-electron chi connectivity index (χ0n) is 24.5. The Morgan fingerprint density at radius 1 is 0.477 bits per heavy atom. The second kappa shape index (κ2) is 9.75. The first-order valence-electron chi connectivity index (χ1n) is 15.3. The van der Waals surface area contributed by atoms with Gasteiger partial charge in [0.15, 0.2) is 0 Å². The van der Waals surface area contributed by atoms with E-state index in [1.54, 1.807) is 0 Å². The molecule has 8 aromatic rings. The molecule has 1 aliphatic rings. The van der Waals surface area contributed by atoms with Crippen molar-refractivity contribution in [2.24, 2.45) is 0 Å². The molecule has 2 nitrogen and oxygen atoms in total. The SMILES string of the molecule is CN1c2ccccc2B(c2ccccc2)c2ccc3ccc4c(N(c5ccccc5)c5ccccc5)ccc5cc1c2c3c54. The van der Waals surface area contributed by atoms with Crippen LogP contribution in [0.5, 0.6) is 0 Å². The Labute approximate surface area is 257 Å². The van der Waals surface area contributed by atoms with Crippen LogP contribution in [-0.2, 0) is 0 Å². The van der Waals surface area contributed by atoms with Crippen molar-refractivity contribution >= 4 is 83.9 Å². The van der Waals surface area contributed by atoms with Gasteiger partial charge in [-0.2, -0.15) is 0 Å². The summed E-state index contributed by atoms with van der Waals surface area (Å²) in [5, 5.41) is 7.80. The molecule has 0 unspecified atom stereocenters. The van der Waals surface area contributed by atoms with Crippen molar-refractivity contribution in [3.63, 3.8) is 0 Å². The normalized spacial score (nSPS) is 12.6. The lowest BCUT2D eigenvalue weighted by atomic mass is 9.36. The molecular weight excluding hydrogens is 531 g/mol. The van der Waals surface area contributed by atoms with Crippen molar-refractivity contribution < 1.29 is 0 Å². The van der Waals surface area contributed by atoms with Crippen LogP contribution in [0, 0.1) is 0 Å². The average Bonchev–Trinajstić information content (AvgIpc) is 3.19. The second-order valence-electron chi connectivity index (χ2n) is 11.8. The highest BCUT2D eigenvalue weighted by atomic mass is 15.1. The summed E-state index contributed by atoms with van der Waals surface area (Å²) in [6, 6.07) is 57.7. The van der Waals surface area contributed by atoms with Gasteiger partial charge >= 0.3 is 0 Å². The summed E-state index contributed by atoms with van der Waals surface area (Å²) < 4.78 is 0. The van der Waals surface area contributed by atoms with Gasteiger partial charge in [0.05, 0.1) is 5.69 Å². The first-order valence-corrected chi connectivity index (χ1v) is 15.3. The molecule has 0 aliphatic carbocycles. The van der Waals surface area contributed by atoms with Crippen molar-refractivity contribution in [1.29, 1.82) is 0 Å². The third kappa shape index (κ3) is 3.63. The molecule has 3 heteroatoms. The number of nitrogens with zero attached hydrogens (tertiary/aromatic N) is 2. The van der Waals surface area contributed by atoms with Crippen LogP contribution in [0.15, 0.2) is 158 Å². The van der Waals surface area contributed by atoms with Crippen LogP contribution in [0.3, 0.4) is 0 Å². The molecule has 206 valence electrons. The zero-order chi connectivity index (χ0) is 29.2. The third-order valence-corrected chi connectivity index (χ3v) is 9.44. The molecule has 0 radical (unpaired) electrons. The predicted molar refractivity (Wildman–Crippen MR) is 190 cm³/mol. The van der Waals surface area contributed by atoms with Crippen molar-refractivity contribution in [3.05, 3.63) is 158 Å². The van der Waals surface area contributed by atoms with E-state index in [2.05, 4.69) is 175 Å². The standard InChI is InChI=1S/C41H29BN2/c1-43-37-20-12-11-19-34(37)42(30-13-5-2-6-14-30)35-25-22-28-21-24-33-36(26-23-29-27-38(43)41(35)40(28)39(29)33)44(31-15-7-3-8-16-31)32-17-9-4-10-18-32/h2-27H,1H3. The lowest BCUT2D eigenvalue weighted by Gasteiger charge is -2.28. The lowest BCUT2D eigenvalue weighted by Crippen LogP contribution is -2.52. The van der Waals surface area contributed by atoms with E-state index in [1.165, 1.54) is 65.8 Å². The summed E-state index contributed by atoms with van der Waals surface area (Å²) in [6.45, 7) is 0.130. The smallest absolute Gasteiger partial charge is 0.244 e. The van der Waals surface area contributed by atoms with Crippen LogP contribution < -0.4 is 26.2 Å². The molecule has 1 heterocycles. The fourth-order valence-electron chi connectivity index (χ4n) is 7.53. The molecule has 8 aromatic carbocycles. The van der Waals surface area contributed by atoms with Gasteiger partial charge in [-0.25, -0.2) is 0 Å². The first kappa shape index (κ1) is 25.0. The maximum Gasteiger partial charge on any atom is 0.244 e. The van der Waals surface area contributed by atoms with Crippen molar-refractivity contribution in [2.45, 2.75) is 0 Å². The minimum atomic E-state index is 0.130. The van der Waals surface area contributed by atoms with Gasteiger partial charge in [0.2, 0.25) is 6.71 Å². The maximum absolute atomic E-state index is 2.41. The topological polar surface area (TPSA) is 6.48 Å². The van der Waals surface area contributed by atoms with Crippen LogP contribution in [-0.4, -0.2) is 13.8 Å². The molecule has 0 saturated heterocycles. The summed E-state index contributed by atoms with van der Waals surface area (Å²) in [4.78, 5) is 4.80. The van der Waals surface area contributed by atoms with Gasteiger partial charge in [0.1, 0.15) is 0 Å². The first-order chi connectivity index (χ1) is 21.8. The molecule has 0 aromatic heterocycles. The molecule has 0 bridgehead atoms. The van der Waals surface area contributed by atoms with Crippen LogP contribution >= 0.6 is 0 Å². The molecule has 0 atom stereocenters. The summed E-state index contributed by atoms with van der Waals surface area (Å²) in [5.41, 5.74) is 10.00. The molecule has 0 saturated carbocycles. The van der Waals surface area contributed by atoms with Gasteiger partial charge in [0, 0.05) is 40.6 Å². The van der Waals surface area contributed by atoms with E-state index < -0.39 is 0 Å². The lowest BCUT2D eigenvalue weighted by molar-refractivity contribution is 1.24. The summed E-state index contributed by atoms with van der Waals surface area (Å²) in [6.07, 6.45) is 0. The van der Waals surface area contributed by atoms with E-state index in [-0.39, 0.29) is 6.71 Å². The molecule has 0 fully saturated rings. The minimum absolute atomic E-state index is 0.130. The Balaban J connectivity index is 1.40. The number of fused-ring (bicyclic) bond motifs is 1. The van der Waals surface area contributed by atoms with Gasteiger partial charge in [-0.15, -0.1) is 0 Å². The Morgan fingerprint density at radius 2 is 1.09 bits per heavy atom. The quantitative estimate of drug-likeness (QED) is 0.157. The minimum Gasteiger partial charge on any atom is -0.345 e. The van der Waals surface area contributed by atoms with E-state index in [9.17, 15) is 0 Å². The van der Waals surface area contributed by atoms with E-state index in [0.717, 1.165) is 11.4 Å². The average molecular weight is 561 g/mol. The molecule has 0 N–H and O–H groups in total. The van der Waals surface area contributed by atoms with E-state index >= 15 is 0 Å². The van der Waals surface area contributed by atoms with Crippen LogP contribution in [0.1, 0.15) is 0 Å². The Hall–Kier alpha value is -5.54. The summed E-state index contributed by atoms with van der Waals surface area (Å²) >= 11 is 0. The number of hydrogen-bond donors (Lipinski definition) is 0. The van der Waals surface area contributed by atoms with Crippen molar-refractivity contribution in [2.75, 3.05) is 16.8 Å². The Morgan fingerprint density at radius 3 is 1.82 bits per heavy atom. The molecule has 0 spiro atoms. The van der Waals surface area contributed by atoms with Crippen LogP contribution in [0.2, 0.25) is 0 Å². The molecular formula is C41H29BN2. The van der Waals surface area contributed by atoms with Gasteiger partial charge in [-0.1, -0.05) is 126 Å². The summed E-state index contributed by atoms with van der Waals surface area (Å²) in [5.74, 6) is 0. The van der Waals surface area contributed by atoms with Gasteiger partial charge in [0.25, 0.3) is 0 Å². The van der Waals surface area contributed by atoms with Gasteiger partial charge in [-0.05, 0) is 69.5 Å². The fourth-order valence-corrected chi connectivity index (χ4v) is 7.53. The van der Waals surface area contributed by atoms with Gasteiger partial charge in [-0.3, -0.25) is 0 Å². The number of rotatable bonds is 4. The number of hydrogen-bond acceptors (Lipinski definition) is 2. The van der Waals surface area contributed by atoms with Crippen molar-refractivity contribution in [1.82, 2.24) is 0 Å².